The van der Waals surface area contributed by atoms with Crippen LogP contribution in [0, 0.1) is 6.92 Å². The number of allylic oxidation sites excluding steroid dienone is 3. The fourth-order valence-corrected chi connectivity index (χ4v) is 3.30. The molecular weight excluding hydrogens is 308 g/mol. The Labute approximate surface area is 139 Å². The predicted molar refractivity (Wildman–Crippen MR) is 95.2 cm³/mol. The van der Waals surface area contributed by atoms with Gasteiger partial charge in [-0.3, -0.25) is 0 Å². The molecular formula is C18H24N2O2S. The lowest BCUT2D eigenvalue weighted by atomic mass is 10.2. The average molecular weight is 332 g/mol. The van der Waals surface area contributed by atoms with Gasteiger partial charge in [-0.1, -0.05) is 23.3 Å². The summed E-state index contributed by atoms with van der Waals surface area (Å²) >= 11 is 0. The van der Waals surface area contributed by atoms with Crippen molar-refractivity contribution < 1.29 is 8.42 Å². The average Bonchev–Trinajstić information content (AvgIpc) is 3.00. The molecule has 1 fully saturated rings. The summed E-state index contributed by atoms with van der Waals surface area (Å²) in [5.74, 6) is 0. The monoisotopic (exact) mass is 332 g/mol. The molecule has 0 atom stereocenters. The van der Waals surface area contributed by atoms with Crippen molar-refractivity contribution in [3.63, 3.8) is 0 Å². The van der Waals surface area contributed by atoms with Crippen LogP contribution in [-0.4, -0.2) is 32.6 Å². The van der Waals surface area contributed by atoms with Crippen molar-refractivity contribution in [3.05, 3.63) is 53.3 Å². The second-order valence-corrected chi connectivity index (χ2v) is 7.68. The molecule has 1 saturated heterocycles. The van der Waals surface area contributed by atoms with Gasteiger partial charge in [0.1, 0.15) is 0 Å². The number of aryl methyl sites for hydroxylation is 1. The van der Waals surface area contributed by atoms with Crippen molar-refractivity contribution in [1.82, 2.24) is 4.90 Å². The van der Waals surface area contributed by atoms with E-state index in [9.17, 15) is 8.42 Å². The molecule has 23 heavy (non-hydrogen) atoms. The Morgan fingerprint density at radius 1 is 1.13 bits per heavy atom. The minimum absolute atomic E-state index is 0.220. The Hall–Kier alpha value is -1.88. The van der Waals surface area contributed by atoms with Crippen LogP contribution in [-0.2, 0) is 10.0 Å². The van der Waals surface area contributed by atoms with Crippen molar-refractivity contribution in [2.24, 2.45) is 4.40 Å². The third-order valence-corrected chi connectivity index (χ3v) is 4.94. The summed E-state index contributed by atoms with van der Waals surface area (Å²) in [7, 11) is -3.64. The number of hydrogen-bond donors (Lipinski definition) is 0. The largest absolute Gasteiger partial charge is 0.371 e. The van der Waals surface area contributed by atoms with Crippen molar-refractivity contribution >= 4 is 16.2 Å². The number of nitrogens with zero attached hydrogens (tertiary/aromatic N) is 2. The summed E-state index contributed by atoms with van der Waals surface area (Å²) in [6, 6.07) is 6.72. The molecule has 1 heterocycles. The first-order valence-electron chi connectivity index (χ1n) is 7.86. The minimum Gasteiger partial charge on any atom is -0.371 e. The van der Waals surface area contributed by atoms with Gasteiger partial charge in [-0.15, -0.1) is 0 Å². The normalized spacial score (nSPS) is 16.1. The van der Waals surface area contributed by atoms with Gasteiger partial charge >= 0.3 is 0 Å². The lowest BCUT2D eigenvalue weighted by molar-refractivity contribution is 0.440. The highest BCUT2D eigenvalue weighted by Gasteiger charge is 2.13. The maximum absolute atomic E-state index is 12.2. The molecule has 1 aromatic rings. The molecule has 0 N–H and O–H groups in total. The number of hydrogen-bond acceptors (Lipinski definition) is 3. The fraction of sp³-hybridized carbons (Fsp3) is 0.389. The fourth-order valence-electron chi connectivity index (χ4n) is 2.47. The second kappa shape index (κ2) is 7.59. The minimum atomic E-state index is -3.64. The van der Waals surface area contributed by atoms with E-state index in [0.29, 0.717) is 0 Å². The van der Waals surface area contributed by atoms with Crippen molar-refractivity contribution in [1.29, 1.82) is 0 Å². The first kappa shape index (κ1) is 17.5. The molecule has 5 heteroatoms. The van der Waals surface area contributed by atoms with Crippen LogP contribution < -0.4 is 0 Å². The predicted octanol–water partition coefficient (Wildman–Crippen LogP) is 3.70. The van der Waals surface area contributed by atoms with Gasteiger partial charge in [-0.25, -0.2) is 0 Å². The highest BCUT2D eigenvalue weighted by molar-refractivity contribution is 7.90. The van der Waals surface area contributed by atoms with Gasteiger partial charge in [0.2, 0.25) is 0 Å². The Morgan fingerprint density at radius 2 is 1.74 bits per heavy atom. The molecule has 0 aromatic heterocycles. The van der Waals surface area contributed by atoms with E-state index < -0.39 is 10.0 Å². The van der Waals surface area contributed by atoms with Crippen LogP contribution in [0.2, 0.25) is 0 Å². The van der Waals surface area contributed by atoms with E-state index in [2.05, 4.69) is 15.4 Å². The maximum atomic E-state index is 12.2. The first-order valence-corrected chi connectivity index (χ1v) is 9.30. The zero-order valence-corrected chi connectivity index (χ0v) is 14.8. The van der Waals surface area contributed by atoms with Crippen molar-refractivity contribution in [2.45, 2.75) is 38.5 Å². The lowest BCUT2D eigenvalue weighted by Crippen LogP contribution is -2.17. The Bertz CT molecular complexity index is 719. The van der Waals surface area contributed by atoms with E-state index in [4.69, 9.17) is 0 Å². The second-order valence-electron chi connectivity index (χ2n) is 6.05. The molecule has 0 bridgehead atoms. The SMILES string of the molecule is CC(C)=C/C(=C\C=N\S(=O)(=O)c1ccc(C)cc1)N1CCCC1. The molecule has 4 nitrogen and oxygen atoms in total. The molecule has 1 aromatic carbocycles. The summed E-state index contributed by atoms with van der Waals surface area (Å²) in [5, 5.41) is 0. The summed E-state index contributed by atoms with van der Waals surface area (Å²) < 4.78 is 28.2. The molecule has 0 amide bonds. The van der Waals surface area contributed by atoms with E-state index in [-0.39, 0.29) is 4.90 Å². The third kappa shape index (κ3) is 5.06. The van der Waals surface area contributed by atoms with E-state index in [1.54, 1.807) is 30.3 Å². The van der Waals surface area contributed by atoms with Crippen molar-refractivity contribution in [2.75, 3.05) is 13.1 Å². The van der Waals surface area contributed by atoms with Crippen LogP contribution in [0.3, 0.4) is 0 Å². The van der Waals surface area contributed by atoms with Crippen LogP contribution >= 0.6 is 0 Å². The summed E-state index contributed by atoms with van der Waals surface area (Å²) in [5.41, 5.74) is 3.22. The molecule has 0 spiro atoms. The van der Waals surface area contributed by atoms with Crippen LogP contribution in [0.15, 0.2) is 57.0 Å². The molecule has 2 rings (SSSR count). The van der Waals surface area contributed by atoms with Gasteiger partial charge in [0.05, 0.1) is 4.90 Å². The number of rotatable bonds is 5. The lowest BCUT2D eigenvalue weighted by Gasteiger charge is -2.18. The smallest absolute Gasteiger partial charge is 0.282 e. The number of benzene rings is 1. The van der Waals surface area contributed by atoms with E-state index in [0.717, 1.165) is 24.4 Å². The number of likely N-dealkylation sites (tertiary alicyclic amines) is 1. The summed E-state index contributed by atoms with van der Waals surface area (Å²) in [6.45, 7) is 8.00. The van der Waals surface area contributed by atoms with Gasteiger partial charge in [0.25, 0.3) is 10.0 Å². The van der Waals surface area contributed by atoms with E-state index >= 15 is 0 Å². The van der Waals surface area contributed by atoms with Crippen LogP contribution in [0.1, 0.15) is 32.3 Å². The first-order chi connectivity index (χ1) is 10.9. The van der Waals surface area contributed by atoms with Crippen LogP contribution in [0.4, 0.5) is 0 Å². The zero-order chi connectivity index (χ0) is 16.9. The molecule has 124 valence electrons. The van der Waals surface area contributed by atoms with Crippen LogP contribution in [0.5, 0.6) is 0 Å². The quantitative estimate of drug-likeness (QED) is 0.610. The van der Waals surface area contributed by atoms with Gasteiger partial charge < -0.3 is 4.90 Å². The number of sulfonamides is 1. The van der Waals surface area contributed by atoms with Crippen LogP contribution in [0.25, 0.3) is 0 Å². The van der Waals surface area contributed by atoms with Crippen molar-refractivity contribution in [3.8, 4) is 0 Å². The van der Waals surface area contributed by atoms with E-state index in [1.807, 2.05) is 20.8 Å². The molecule has 1 aliphatic heterocycles. The molecule has 0 unspecified atom stereocenters. The topological polar surface area (TPSA) is 49.7 Å². The molecule has 1 aliphatic rings. The zero-order valence-electron chi connectivity index (χ0n) is 14.0. The molecule has 0 radical (unpaired) electrons. The highest BCUT2D eigenvalue weighted by atomic mass is 32.2. The molecule has 0 saturated carbocycles. The van der Waals surface area contributed by atoms with Gasteiger partial charge in [-0.2, -0.15) is 12.8 Å². The third-order valence-electron chi connectivity index (χ3n) is 3.67. The van der Waals surface area contributed by atoms with Gasteiger partial charge in [0, 0.05) is 25.0 Å². The summed E-state index contributed by atoms with van der Waals surface area (Å²) in [4.78, 5) is 2.48. The van der Waals surface area contributed by atoms with Gasteiger partial charge in [0.15, 0.2) is 0 Å². The summed E-state index contributed by atoms with van der Waals surface area (Å²) in [6.07, 6.45) is 7.58. The molecule has 0 aliphatic carbocycles. The Balaban J connectivity index is 2.21. The van der Waals surface area contributed by atoms with E-state index in [1.165, 1.54) is 24.6 Å². The Morgan fingerprint density at radius 3 is 2.30 bits per heavy atom. The maximum Gasteiger partial charge on any atom is 0.282 e. The highest BCUT2D eigenvalue weighted by Crippen LogP contribution is 2.17. The Kier molecular flexibility index (Phi) is 5.77. The standard InChI is InChI=1S/C18H24N2O2S/c1-15(2)14-17(20-12-4-5-13-20)10-11-19-23(21,22)18-8-6-16(3)7-9-18/h6-11,14H,4-5,12-13H2,1-3H3/b17-10+,19-11+. The van der Waals surface area contributed by atoms with Gasteiger partial charge in [-0.05, 0) is 57.9 Å².